The largest absolute Gasteiger partial charge is 0.550 e. The lowest BCUT2D eigenvalue weighted by Gasteiger charge is -2.43. The molecule has 2 unspecified atom stereocenters. The van der Waals surface area contributed by atoms with Gasteiger partial charge in [0, 0.05) is 24.4 Å². The fraction of sp³-hybridized carbons (Fsp3) is 0.636. The predicted octanol–water partition coefficient (Wildman–Crippen LogP) is 2.50. The lowest BCUT2D eigenvalue weighted by atomic mass is 9.81. The summed E-state index contributed by atoms with van der Waals surface area (Å²) in [5.74, 6) is -0.0671. The number of fused-ring (bicyclic) bond motifs is 1. The van der Waals surface area contributed by atoms with Crippen molar-refractivity contribution in [2.45, 2.75) is 71.9 Å². The molecular weight excluding hydrogens is 342 g/mol. The third-order valence-corrected chi connectivity index (χ3v) is 6.15. The van der Waals surface area contributed by atoms with E-state index in [2.05, 4.69) is 6.92 Å². The third kappa shape index (κ3) is 4.34. The number of benzene rings is 1. The highest BCUT2D eigenvalue weighted by molar-refractivity contribution is 5.98. The number of carbonyl (C=O) groups excluding carboxylic acids is 2. The van der Waals surface area contributed by atoms with Gasteiger partial charge in [0.1, 0.15) is 11.4 Å². The predicted molar refractivity (Wildman–Crippen MR) is 104 cm³/mol. The van der Waals surface area contributed by atoms with Gasteiger partial charge in [-0.2, -0.15) is 0 Å². The lowest BCUT2D eigenvalue weighted by Crippen LogP contribution is -2.53. The standard InChI is InChI=1S/C22H33NO4/c1-13-14(2)21-18(15(3)20(13)16(4)24)9-10-22(5,27-21)12-17(11-19(25)26)23(6,7)8/h17H,9-12H2,1-8H3. The van der Waals surface area contributed by atoms with Crippen LogP contribution in [0.1, 0.15) is 65.7 Å². The maximum Gasteiger partial charge on any atom is 0.160 e. The average Bonchev–Trinajstić information content (AvgIpc) is 2.50. The minimum absolute atomic E-state index is 0.00954. The Morgan fingerprint density at radius 2 is 1.74 bits per heavy atom. The molecule has 0 aromatic heterocycles. The van der Waals surface area contributed by atoms with E-state index in [4.69, 9.17) is 4.74 Å². The molecule has 5 heteroatoms. The SMILES string of the molecule is CC(=O)c1c(C)c(C)c2c(c1C)CCC(C)(CC(CC(=O)[O-])[N+](C)(C)C)O2. The first-order valence-electron chi connectivity index (χ1n) is 9.60. The molecule has 1 aromatic carbocycles. The number of Topliss-reactive ketones (excluding diaryl/α,β-unsaturated/α-hetero) is 1. The van der Waals surface area contributed by atoms with Crippen molar-refractivity contribution in [3.8, 4) is 5.75 Å². The number of hydrogen-bond acceptors (Lipinski definition) is 4. The summed E-state index contributed by atoms with van der Waals surface area (Å²) < 4.78 is 7.06. The first kappa shape index (κ1) is 21.4. The first-order valence-corrected chi connectivity index (χ1v) is 9.60. The monoisotopic (exact) mass is 375 g/mol. The molecule has 27 heavy (non-hydrogen) atoms. The molecule has 1 aliphatic heterocycles. The normalized spacial score (nSPS) is 20.6. The van der Waals surface area contributed by atoms with Crippen LogP contribution < -0.4 is 9.84 Å². The Labute approximate surface area is 162 Å². The fourth-order valence-electron chi connectivity index (χ4n) is 4.30. The van der Waals surface area contributed by atoms with E-state index >= 15 is 0 Å². The molecule has 0 saturated carbocycles. The van der Waals surface area contributed by atoms with Crippen LogP contribution in [0.15, 0.2) is 0 Å². The maximum absolute atomic E-state index is 12.1. The molecule has 150 valence electrons. The van der Waals surface area contributed by atoms with Crippen LogP contribution in [0.5, 0.6) is 5.75 Å². The Kier molecular flexibility index (Phi) is 5.77. The van der Waals surface area contributed by atoms with Crippen LogP contribution in [-0.2, 0) is 11.2 Å². The molecule has 0 fully saturated rings. The van der Waals surface area contributed by atoms with E-state index in [1.54, 1.807) is 6.92 Å². The van der Waals surface area contributed by atoms with Crippen LogP contribution in [-0.4, -0.2) is 49.0 Å². The number of hydrogen-bond donors (Lipinski definition) is 0. The van der Waals surface area contributed by atoms with E-state index < -0.39 is 11.6 Å². The Bertz CT molecular complexity index is 776. The molecule has 1 aromatic rings. The topological polar surface area (TPSA) is 66.4 Å². The van der Waals surface area contributed by atoms with Gasteiger partial charge in [-0.15, -0.1) is 0 Å². The van der Waals surface area contributed by atoms with Crippen molar-refractivity contribution >= 4 is 11.8 Å². The maximum atomic E-state index is 12.1. The molecule has 2 atom stereocenters. The van der Waals surface area contributed by atoms with Gasteiger partial charge in [-0.3, -0.25) is 4.79 Å². The number of ether oxygens (including phenoxy) is 1. The number of ketones is 1. The number of carboxylic acid groups (broad SMARTS) is 1. The molecule has 0 amide bonds. The highest BCUT2D eigenvalue weighted by atomic mass is 16.5. The minimum Gasteiger partial charge on any atom is -0.550 e. The van der Waals surface area contributed by atoms with Crippen molar-refractivity contribution in [2.24, 2.45) is 0 Å². The summed E-state index contributed by atoms with van der Waals surface area (Å²) in [6.45, 7) is 9.65. The van der Waals surface area contributed by atoms with E-state index in [0.717, 1.165) is 46.4 Å². The molecule has 0 spiro atoms. The van der Waals surface area contributed by atoms with Crippen LogP contribution in [0.4, 0.5) is 0 Å². The summed E-state index contributed by atoms with van der Waals surface area (Å²) in [5, 5.41) is 11.3. The molecule has 1 aliphatic rings. The van der Waals surface area contributed by atoms with E-state index in [-0.39, 0.29) is 18.2 Å². The summed E-state index contributed by atoms with van der Waals surface area (Å²) in [7, 11) is 6.02. The van der Waals surface area contributed by atoms with Gasteiger partial charge in [0.2, 0.25) is 0 Å². The van der Waals surface area contributed by atoms with Gasteiger partial charge in [-0.05, 0) is 69.7 Å². The molecule has 2 rings (SSSR count). The van der Waals surface area contributed by atoms with Gasteiger partial charge in [-0.25, -0.2) is 0 Å². The van der Waals surface area contributed by atoms with E-state index in [1.807, 2.05) is 41.9 Å². The highest BCUT2D eigenvalue weighted by Gasteiger charge is 2.40. The Hall–Kier alpha value is -1.88. The molecular formula is C22H33NO4. The van der Waals surface area contributed by atoms with Crippen molar-refractivity contribution in [1.29, 1.82) is 0 Å². The van der Waals surface area contributed by atoms with E-state index in [0.29, 0.717) is 10.9 Å². The second-order valence-electron chi connectivity index (χ2n) is 9.22. The summed E-state index contributed by atoms with van der Waals surface area (Å²) in [4.78, 5) is 23.4. The number of carbonyl (C=O) groups is 2. The van der Waals surface area contributed by atoms with Crippen molar-refractivity contribution in [3.05, 3.63) is 27.8 Å². The number of rotatable bonds is 6. The van der Waals surface area contributed by atoms with Gasteiger partial charge < -0.3 is 19.1 Å². The second-order valence-corrected chi connectivity index (χ2v) is 9.22. The quantitative estimate of drug-likeness (QED) is 0.566. The second kappa shape index (κ2) is 7.27. The number of quaternary nitrogens is 1. The highest BCUT2D eigenvalue weighted by Crippen LogP contribution is 2.43. The fourth-order valence-corrected chi connectivity index (χ4v) is 4.30. The number of nitrogens with zero attached hydrogens (tertiary/aromatic N) is 1. The zero-order valence-electron chi connectivity index (χ0n) is 18.0. The molecule has 0 saturated heterocycles. The molecule has 0 radical (unpaired) electrons. The van der Waals surface area contributed by atoms with E-state index in [1.165, 1.54) is 0 Å². The van der Waals surface area contributed by atoms with Crippen LogP contribution in [0.25, 0.3) is 0 Å². The van der Waals surface area contributed by atoms with Crippen molar-refractivity contribution in [2.75, 3.05) is 21.1 Å². The number of carboxylic acids is 1. The summed E-state index contributed by atoms with van der Waals surface area (Å²) >= 11 is 0. The van der Waals surface area contributed by atoms with Crippen LogP contribution >= 0.6 is 0 Å². The van der Waals surface area contributed by atoms with Crippen LogP contribution in [0, 0.1) is 20.8 Å². The van der Waals surface area contributed by atoms with Crippen LogP contribution in [0.2, 0.25) is 0 Å². The first-order chi connectivity index (χ1) is 12.3. The molecule has 0 aliphatic carbocycles. The van der Waals surface area contributed by atoms with Crippen molar-refractivity contribution in [3.63, 3.8) is 0 Å². The van der Waals surface area contributed by atoms with Crippen LogP contribution in [0.3, 0.4) is 0 Å². The average molecular weight is 376 g/mol. The minimum atomic E-state index is -1.03. The van der Waals surface area contributed by atoms with Gasteiger partial charge in [0.25, 0.3) is 0 Å². The summed E-state index contributed by atoms with van der Waals surface area (Å²) in [6, 6.07) is -0.0967. The Balaban J connectivity index is 2.42. The van der Waals surface area contributed by atoms with Crippen molar-refractivity contribution < 1.29 is 23.9 Å². The molecule has 1 heterocycles. The zero-order valence-corrected chi connectivity index (χ0v) is 18.0. The van der Waals surface area contributed by atoms with Gasteiger partial charge in [0.15, 0.2) is 5.78 Å². The number of aliphatic carboxylic acids is 1. The molecule has 5 nitrogen and oxygen atoms in total. The van der Waals surface area contributed by atoms with Crippen molar-refractivity contribution in [1.82, 2.24) is 0 Å². The Morgan fingerprint density at radius 3 is 2.22 bits per heavy atom. The zero-order chi connectivity index (χ0) is 20.7. The van der Waals surface area contributed by atoms with Gasteiger partial charge >= 0.3 is 0 Å². The lowest BCUT2D eigenvalue weighted by molar-refractivity contribution is -0.896. The third-order valence-electron chi connectivity index (χ3n) is 6.15. The Morgan fingerprint density at radius 1 is 1.15 bits per heavy atom. The van der Waals surface area contributed by atoms with Gasteiger partial charge in [-0.1, -0.05) is 0 Å². The summed E-state index contributed by atoms with van der Waals surface area (Å²) in [5.41, 5.74) is 4.47. The molecule has 0 bridgehead atoms. The van der Waals surface area contributed by atoms with E-state index in [9.17, 15) is 14.7 Å². The smallest absolute Gasteiger partial charge is 0.160 e. The summed E-state index contributed by atoms with van der Waals surface area (Å²) in [6.07, 6.45) is 2.27. The molecule has 0 N–H and O–H groups in total. The van der Waals surface area contributed by atoms with Gasteiger partial charge in [0.05, 0.1) is 27.2 Å².